The number of halogens is 1. The van der Waals surface area contributed by atoms with Crippen molar-refractivity contribution in [1.29, 1.82) is 0 Å². The zero-order valence-electron chi connectivity index (χ0n) is 16.0. The fourth-order valence-electron chi connectivity index (χ4n) is 4.60. The third-order valence-electron chi connectivity index (χ3n) is 5.86. The number of carbonyl (C=O) groups is 1. The molecule has 0 radical (unpaired) electrons. The van der Waals surface area contributed by atoms with Crippen LogP contribution in [0.1, 0.15) is 26.7 Å². The van der Waals surface area contributed by atoms with Crippen LogP contribution in [0.25, 0.3) is 0 Å². The van der Waals surface area contributed by atoms with E-state index < -0.39 is 0 Å². The van der Waals surface area contributed by atoms with Crippen LogP contribution in [-0.2, 0) is 6.54 Å². The molecular formula is C23H21ClN2O2S. The molecule has 0 saturated carbocycles. The number of rotatable bonds is 4. The number of anilines is 1. The van der Waals surface area contributed by atoms with Crippen LogP contribution in [0, 0.1) is 0 Å². The maximum Gasteiger partial charge on any atom is 0.174 e. The van der Waals surface area contributed by atoms with E-state index in [1.54, 1.807) is 18.4 Å². The highest BCUT2D eigenvalue weighted by Crippen LogP contribution is 2.46. The average molecular weight is 425 g/mol. The molecule has 1 N–H and O–H groups in total. The van der Waals surface area contributed by atoms with E-state index >= 15 is 0 Å². The predicted molar refractivity (Wildman–Crippen MR) is 117 cm³/mol. The van der Waals surface area contributed by atoms with E-state index in [0.717, 1.165) is 46.5 Å². The third kappa shape index (κ3) is 3.23. The first kappa shape index (κ1) is 18.7. The zero-order chi connectivity index (χ0) is 20.0. The summed E-state index contributed by atoms with van der Waals surface area (Å²) < 4.78 is 6.11. The first-order valence-corrected chi connectivity index (χ1v) is 10.8. The van der Waals surface area contributed by atoms with Crippen molar-refractivity contribution in [3.63, 3.8) is 0 Å². The molecule has 2 aliphatic heterocycles. The molecule has 2 aromatic carbocycles. The van der Waals surface area contributed by atoms with Gasteiger partial charge in [-0.15, -0.1) is 11.3 Å². The first-order valence-electron chi connectivity index (χ1n) is 9.60. The number of fused-ring (bicyclic) bond motifs is 1. The summed E-state index contributed by atoms with van der Waals surface area (Å²) in [7, 11) is 1.65. The highest BCUT2D eigenvalue weighted by atomic mass is 35.5. The Bertz CT molecular complexity index is 1060. The Morgan fingerprint density at radius 2 is 1.90 bits per heavy atom. The lowest BCUT2D eigenvalue weighted by molar-refractivity contribution is 0.0488. The molecule has 5 rings (SSSR count). The predicted octanol–water partition coefficient (Wildman–Crippen LogP) is 5.06. The number of para-hydroxylation sites is 1. The Balaban J connectivity index is 1.47. The molecule has 0 aliphatic carbocycles. The van der Waals surface area contributed by atoms with E-state index in [2.05, 4.69) is 16.3 Å². The van der Waals surface area contributed by atoms with Crippen LogP contribution in [0.3, 0.4) is 0 Å². The summed E-state index contributed by atoms with van der Waals surface area (Å²) in [5.74, 6) is 0.749. The van der Waals surface area contributed by atoms with Gasteiger partial charge in [-0.1, -0.05) is 35.9 Å². The molecule has 1 saturated heterocycles. The van der Waals surface area contributed by atoms with Gasteiger partial charge in [-0.05, 0) is 42.0 Å². The molecule has 4 nitrogen and oxygen atoms in total. The highest BCUT2D eigenvalue weighted by molar-refractivity contribution is 7.16. The van der Waals surface area contributed by atoms with Gasteiger partial charge in [0.15, 0.2) is 5.78 Å². The van der Waals surface area contributed by atoms with E-state index in [9.17, 15) is 4.79 Å². The van der Waals surface area contributed by atoms with Crippen LogP contribution < -0.4 is 10.1 Å². The number of methoxy groups -OCH3 is 1. The highest BCUT2D eigenvalue weighted by Gasteiger charge is 2.55. The molecule has 1 aromatic heterocycles. The van der Waals surface area contributed by atoms with Gasteiger partial charge in [0.25, 0.3) is 0 Å². The van der Waals surface area contributed by atoms with E-state index in [4.69, 9.17) is 16.3 Å². The van der Waals surface area contributed by atoms with Gasteiger partial charge in [-0.25, -0.2) is 0 Å². The molecule has 3 aromatic rings. The number of nitrogens with zero attached hydrogens (tertiary/aromatic N) is 1. The van der Waals surface area contributed by atoms with Crippen LogP contribution in [0.5, 0.6) is 5.75 Å². The van der Waals surface area contributed by atoms with Crippen molar-refractivity contribution in [2.75, 3.05) is 25.5 Å². The molecular weight excluding hydrogens is 404 g/mol. The molecule has 148 valence electrons. The van der Waals surface area contributed by atoms with Crippen molar-refractivity contribution in [3.05, 3.63) is 81.0 Å². The summed E-state index contributed by atoms with van der Waals surface area (Å²) in [6, 6.07) is 19.7. The Labute approximate surface area is 179 Å². The Kier molecular flexibility index (Phi) is 4.62. The maximum atomic E-state index is 13.5. The zero-order valence-corrected chi connectivity index (χ0v) is 17.6. The van der Waals surface area contributed by atoms with Crippen LogP contribution >= 0.6 is 22.9 Å². The largest absolute Gasteiger partial charge is 0.497 e. The number of nitrogens with one attached hydrogen (secondary N) is 1. The van der Waals surface area contributed by atoms with Gasteiger partial charge in [0, 0.05) is 35.8 Å². The van der Waals surface area contributed by atoms with Crippen LogP contribution in [0.2, 0.25) is 4.34 Å². The minimum atomic E-state index is -0.304. The molecule has 2 aliphatic rings. The van der Waals surface area contributed by atoms with Crippen molar-refractivity contribution >= 4 is 34.4 Å². The van der Waals surface area contributed by atoms with E-state index in [1.807, 2.05) is 54.6 Å². The van der Waals surface area contributed by atoms with Crippen molar-refractivity contribution in [2.45, 2.75) is 18.0 Å². The number of hydrogen-bond donors (Lipinski definition) is 1. The second-order valence-corrected chi connectivity index (χ2v) is 9.55. The Morgan fingerprint density at radius 1 is 1.14 bits per heavy atom. The van der Waals surface area contributed by atoms with Crippen molar-refractivity contribution < 1.29 is 9.53 Å². The fourth-order valence-corrected chi connectivity index (χ4v) is 5.73. The van der Waals surface area contributed by atoms with Crippen molar-refractivity contribution in [3.8, 4) is 5.75 Å². The first-order chi connectivity index (χ1) is 14.1. The summed E-state index contributed by atoms with van der Waals surface area (Å²) in [6.45, 7) is 2.46. The number of benzene rings is 2. The number of carbonyl (C=O) groups excluding carboxylic acids is 1. The van der Waals surface area contributed by atoms with Gasteiger partial charge in [-0.3, -0.25) is 9.69 Å². The average Bonchev–Trinajstić information content (AvgIpc) is 3.12. The molecule has 0 amide bonds. The molecule has 0 bridgehead atoms. The number of thiophene rings is 1. The lowest BCUT2D eigenvalue weighted by Gasteiger charge is -2.56. The minimum Gasteiger partial charge on any atom is -0.497 e. The molecule has 29 heavy (non-hydrogen) atoms. The van der Waals surface area contributed by atoms with Crippen LogP contribution in [0.4, 0.5) is 5.69 Å². The Hall–Kier alpha value is -2.34. The summed E-state index contributed by atoms with van der Waals surface area (Å²) in [5.41, 5.74) is 2.42. The van der Waals surface area contributed by atoms with Gasteiger partial charge < -0.3 is 10.1 Å². The van der Waals surface area contributed by atoms with E-state index in [-0.39, 0.29) is 17.2 Å². The smallest absolute Gasteiger partial charge is 0.174 e. The van der Waals surface area contributed by atoms with Gasteiger partial charge >= 0.3 is 0 Å². The quantitative estimate of drug-likeness (QED) is 0.635. The third-order valence-corrected chi connectivity index (χ3v) is 7.08. The maximum absolute atomic E-state index is 13.5. The van der Waals surface area contributed by atoms with Crippen LogP contribution in [0.15, 0.2) is 60.7 Å². The van der Waals surface area contributed by atoms with Gasteiger partial charge in [0.1, 0.15) is 5.75 Å². The number of Topliss-reactive ketones (excluding diaryl/α,β-unsaturated/α-hetero) is 1. The second kappa shape index (κ2) is 7.17. The summed E-state index contributed by atoms with van der Waals surface area (Å²) in [6.07, 6.45) is 0. The van der Waals surface area contributed by atoms with E-state index in [0.29, 0.717) is 0 Å². The van der Waals surface area contributed by atoms with Crippen LogP contribution in [-0.4, -0.2) is 36.4 Å². The lowest BCUT2D eigenvalue weighted by Crippen LogP contribution is -2.70. The summed E-state index contributed by atoms with van der Waals surface area (Å²) in [4.78, 5) is 17.2. The fraction of sp³-hybridized carbons (Fsp3) is 0.261. The molecule has 1 spiro atoms. The molecule has 6 heteroatoms. The SMILES string of the molecule is COc1ccc(C2C(=O)c3ccccc3NC23CN(Cc2ccc(Cl)s2)C3)cc1. The van der Waals surface area contributed by atoms with Gasteiger partial charge in [-0.2, -0.15) is 0 Å². The second-order valence-electron chi connectivity index (χ2n) is 7.75. The lowest BCUT2D eigenvalue weighted by atomic mass is 9.67. The number of hydrogen-bond acceptors (Lipinski definition) is 5. The minimum absolute atomic E-state index is 0.184. The number of likely N-dealkylation sites (tertiary alicyclic amines) is 1. The van der Waals surface area contributed by atoms with Gasteiger partial charge in [0.05, 0.1) is 22.9 Å². The number of ether oxygens (including phenoxy) is 1. The topological polar surface area (TPSA) is 41.6 Å². The van der Waals surface area contributed by atoms with E-state index in [1.165, 1.54) is 4.88 Å². The molecule has 1 fully saturated rings. The standard InChI is InChI=1S/C23H21ClN2O2S/c1-28-16-8-6-15(7-9-16)21-22(27)18-4-2-3-5-19(18)25-23(21)13-26(14-23)12-17-10-11-20(24)29-17/h2-11,21,25H,12-14H2,1H3. The van der Waals surface area contributed by atoms with Crippen molar-refractivity contribution in [2.24, 2.45) is 0 Å². The van der Waals surface area contributed by atoms with Crippen molar-refractivity contribution in [1.82, 2.24) is 4.90 Å². The molecule has 3 heterocycles. The number of ketones is 1. The molecule has 1 atom stereocenters. The normalized spacial score (nSPS) is 20.1. The van der Waals surface area contributed by atoms with Gasteiger partial charge in [0.2, 0.25) is 0 Å². The Morgan fingerprint density at radius 3 is 2.59 bits per heavy atom. The monoisotopic (exact) mass is 424 g/mol. The summed E-state index contributed by atoms with van der Waals surface area (Å²) in [5, 5.41) is 3.72. The molecule has 1 unspecified atom stereocenters. The summed E-state index contributed by atoms with van der Waals surface area (Å²) >= 11 is 7.70.